The van der Waals surface area contributed by atoms with E-state index in [2.05, 4.69) is 86.8 Å². The van der Waals surface area contributed by atoms with Crippen molar-refractivity contribution in [3.63, 3.8) is 0 Å². The van der Waals surface area contributed by atoms with E-state index in [0.29, 0.717) is 17.4 Å². The van der Waals surface area contributed by atoms with E-state index in [1.165, 1.54) is 128 Å². The van der Waals surface area contributed by atoms with Crippen LogP contribution < -0.4 is 0 Å². The van der Waals surface area contributed by atoms with Gasteiger partial charge in [0, 0.05) is 12.8 Å². The van der Waals surface area contributed by atoms with Crippen LogP contribution in [0.4, 0.5) is 0 Å². The lowest BCUT2D eigenvalue weighted by molar-refractivity contribution is -0.870. The summed E-state index contributed by atoms with van der Waals surface area (Å²) in [5.41, 5.74) is 0. The number of phosphoric acid groups is 1. The SMILES string of the molecule is CC/C=C\C/C=C\C/C=C\C/C=C\C/C=C\C/C=C\CCCCCCCCCCCCCCCCCCCCCCC(=O)OC(COC(=O)CCCCCCCC)COP(=O)(O)OCC[N+](C)(C)C. The van der Waals surface area contributed by atoms with E-state index in [-0.39, 0.29) is 32.0 Å². The predicted molar refractivity (Wildman–Crippen MR) is 293 cm³/mol. The Bertz CT molecular complexity index is 1400. The molecule has 0 heterocycles. The molecule has 0 bridgehead atoms. The van der Waals surface area contributed by atoms with Crippen LogP contribution in [0, 0.1) is 0 Å². The largest absolute Gasteiger partial charge is 0.472 e. The predicted octanol–water partition coefficient (Wildman–Crippen LogP) is 17.3. The number of likely N-dealkylation sites (N-methyl/N-ethyl adjacent to an activating group) is 1. The monoisotopic (exact) mass is 989 g/mol. The first-order valence-electron chi connectivity index (χ1n) is 28.2. The fourth-order valence-electron chi connectivity index (χ4n) is 7.67. The number of unbranched alkanes of at least 4 members (excludes halogenated alkanes) is 25. The number of esters is 2. The summed E-state index contributed by atoms with van der Waals surface area (Å²) in [7, 11) is 1.48. The molecule has 0 aromatic heterocycles. The minimum atomic E-state index is -4.37. The fraction of sp³-hybridized carbons (Fsp3) is 0.763. The molecule has 9 nitrogen and oxygen atoms in total. The van der Waals surface area contributed by atoms with Gasteiger partial charge in [0.05, 0.1) is 27.7 Å². The zero-order chi connectivity index (χ0) is 50.6. The first kappa shape index (κ1) is 66.5. The molecule has 2 atom stereocenters. The van der Waals surface area contributed by atoms with Gasteiger partial charge in [0.2, 0.25) is 0 Å². The van der Waals surface area contributed by atoms with Crippen LogP contribution in [0.25, 0.3) is 0 Å². The summed E-state index contributed by atoms with van der Waals surface area (Å²) in [5, 5.41) is 0. The normalized spacial score (nSPS) is 13.9. The van der Waals surface area contributed by atoms with Gasteiger partial charge in [-0.3, -0.25) is 18.6 Å². The van der Waals surface area contributed by atoms with Crippen LogP contribution in [0.3, 0.4) is 0 Å². The Morgan fingerprint density at radius 1 is 0.464 bits per heavy atom. The number of phosphoric ester groups is 1. The van der Waals surface area contributed by atoms with E-state index >= 15 is 0 Å². The van der Waals surface area contributed by atoms with Gasteiger partial charge in [-0.15, -0.1) is 0 Å². The maximum absolute atomic E-state index is 12.7. The molecule has 0 radical (unpaired) electrons. The molecule has 0 rings (SSSR count). The van der Waals surface area contributed by atoms with Crippen LogP contribution in [0.5, 0.6) is 0 Å². The number of nitrogens with zero attached hydrogens (tertiary/aromatic N) is 1. The van der Waals surface area contributed by atoms with Crippen molar-refractivity contribution in [2.24, 2.45) is 0 Å². The van der Waals surface area contributed by atoms with Crippen molar-refractivity contribution in [3.8, 4) is 0 Å². The first-order chi connectivity index (χ1) is 33.5. The second kappa shape index (κ2) is 50.4. The highest BCUT2D eigenvalue weighted by molar-refractivity contribution is 7.47. The smallest absolute Gasteiger partial charge is 0.462 e. The molecule has 1 N–H and O–H groups in total. The number of hydrogen-bond acceptors (Lipinski definition) is 7. The number of allylic oxidation sites excluding steroid dienone is 12. The van der Waals surface area contributed by atoms with Crippen molar-refractivity contribution in [2.75, 3.05) is 47.5 Å². The summed E-state index contributed by atoms with van der Waals surface area (Å²) in [6, 6.07) is 0. The molecule has 10 heteroatoms. The molecule has 0 aromatic rings. The molecular weight excluding hydrogens is 882 g/mol. The molecule has 0 aliphatic rings. The summed E-state index contributed by atoms with van der Waals surface area (Å²) in [6.45, 7) is 4.25. The minimum Gasteiger partial charge on any atom is -0.462 e. The maximum Gasteiger partial charge on any atom is 0.472 e. The number of quaternary nitrogens is 1. The van der Waals surface area contributed by atoms with Crippen LogP contribution in [0.15, 0.2) is 72.9 Å². The quantitative estimate of drug-likeness (QED) is 0.0211. The van der Waals surface area contributed by atoms with E-state index in [1.807, 2.05) is 21.1 Å². The molecule has 0 spiro atoms. The van der Waals surface area contributed by atoms with Crippen molar-refractivity contribution in [2.45, 2.75) is 245 Å². The van der Waals surface area contributed by atoms with Gasteiger partial charge in [-0.2, -0.15) is 0 Å². The Balaban J connectivity index is 3.81. The third-order valence-corrected chi connectivity index (χ3v) is 13.0. The summed E-state index contributed by atoms with van der Waals surface area (Å²) in [4.78, 5) is 35.2. The van der Waals surface area contributed by atoms with Gasteiger partial charge in [0.15, 0.2) is 6.10 Å². The molecule has 0 amide bonds. The van der Waals surface area contributed by atoms with Crippen molar-refractivity contribution in [1.82, 2.24) is 0 Å². The molecule has 400 valence electrons. The standard InChI is InChI=1S/C59H106NO8P/c1-6-8-10-12-14-15-16-17-18-19-20-21-22-23-24-25-26-27-28-29-30-31-32-33-34-35-36-37-38-39-40-41-42-43-44-45-46-48-50-52-59(62)68-57(55-65-58(61)51-49-47-13-11-9-7-2)56-67-69(63,64)66-54-53-60(3,4)5/h8,10,14-15,17-18,20-21,23-24,26-27,57H,6-7,9,11-13,16,19,22,25,28-56H2,1-5H3/p+1/b10-8-,15-14-,18-17-,21-20-,24-23-,27-26-. The third kappa shape index (κ3) is 54.6. The molecule has 0 fully saturated rings. The van der Waals surface area contributed by atoms with E-state index in [4.69, 9.17) is 18.5 Å². The second-order valence-corrected chi connectivity index (χ2v) is 21.4. The van der Waals surface area contributed by atoms with Crippen LogP contribution in [-0.4, -0.2) is 74.9 Å². The number of rotatable bonds is 51. The summed E-state index contributed by atoms with van der Waals surface area (Å²) in [5.74, 6) is -0.802. The van der Waals surface area contributed by atoms with Crippen LogP contribution in [0.2, 0.25) is 0 Å². The van der Waals surface area contributed by atoms with Crippen molar-refractivity contribution < 1.29 is 42.1 Å². The number of carbonyl (C=O) groups excluding carboxylic acids is 2. The van der Waals surface area contributed by atoms with Crippen LogP contribution >= 0.6 is 7.82 Å². The van der Waals surface area contributed by atoms with Gasteiger partial charge in [0.1, 0.15) is 19.8 Å². The van der Waals surface area contributed by atoms with Crippen molar-refractivity contribution in [1.29, 1.82) is 0 Å². The number of carbonyl (C=O) groups is 2. The molecule has 0 aromatic carbocycles. The second-order valence-electron chi connectivity index (χ2n) is 19.9. The molecule has 0 saturated carbocycles. The number of hydrogen-bond donors (Lipinski definition) is 1. The van der Waals surface area contributed by atoms with Gasteiger partial charge in [-0.05, 0) is 64.2 Å². The van der Waals surface area contributed by atoms with E-state index in [1.54, 1.807) is 0 Å². The Labute approximate surface area is 425 Å². The summed E-state index contributed by atoms with van der Waals surface area (Å²) < 4.78 is 34.2. The third-order valence-electron chi connectivity index (χ3n) is 12.0. The van der Waals surface area contributed by atoms with Gasteiger partial charge < -0.3 is 18.9 Å². The zero-order valence-corrected chi connectivity index (χ0v) is 46.2. The summed E-state index contributed by atoms with van der Waals surface area (Å²) in [6.07, 6.45) is 66.1. The Morgan fingerprint density at radius 2 is 0.826 bits per heavy atom. The molecule has 0 aliphatic carbocycles. The topological polar surface area (TPSA) is 108 Å². The Kier molecular flexibility index (Phi) is 48.5. The molecule has 0 saturated heterocycles. The zero-order valence-electron chi connectivity index (χ0n) is 45.3. The van der Waals surface area contributed by atoms with Crippen LogP contribution in [-0.2, 0) is 32.7 Å². The minimum absolute atomic E-state index is 0.0323. The van der Waals surface area contributed by atoms with E-state index < -0.39 is 26.5 Å². The molecule has 69 heavy (non-hydrogen) atoms. The lowest BCUT2D eigenvalue weighted by Crippen LogP contribution is -2.37. The highest BCUT2D eigenvalue weighted by Crippen LogP contribution is 2.43. The maximum atomic E-state index is 12.7. The average molecular weight is 989 g/mol. The molecule has 2 unspecified atom stereocenters. The highest BCUT2D eigenvalue weighted by atomic mass is 31.2. The molecule has 0 aliphatic heterocycles. The van der Waals surface area contributed by atoms with Gasteiger partial charge in [0.25, 0.3) is 0 Å². The van der Waals surface area contributed by atoms with Crippen molar-refractivity contribution >= 4 is 19.8 Å². The first-order valence-corrected chi connectivity index (χ1v) is 29.7. The fourth-order valence-corrected chi connectivity index (χ4v) is 8.41. The van der Waals surface area contributed by atoms with Gasteiger partial charge in [-0.25, -0.2) is 4.57 Å². The average Bonchev–Trinajstić information content (AvgIpc) is 3.31. The van der Waals surface area contributed by atoms with E-state index in [0.717, 1.165) is 77.0 Å². The van der Waals surface area contributed by atoms with E-state index in [9.17, 15) is 19.0 Å². The Hall–Kier alpha value is -2.55. The lowest BCUT2D eigenvalue weighted by atomic mass is 10.0. The summed E-state index contributed by atoms with van der Waals surface area (Å²) >= 11 is 0. The van der Waals surface area contributed by atoms with Gasteiger partial charge in [-0.1, -0.05) is 234 Å². The van der Waals surface area contributed by atoms with Crippen molar-refractivity contribution in [3.05, 3.63) is 72.9 Å². The van der Waals surface area contributed by atoms with Gasteiger partial charge >= 0.3 is 19.8 Å². The van der Waals surface area contributed by atoms with Crippen LogP contribution in [0.1, 0.15) is 239 Å². The Morgan fingerprint density at radius 3 is 1.23 bits per heavy atom. The lowest BCUT2D eigenvalue weighted by Gasteiger charge is -2.24. The number of ether oxygens (including phenoxy) is 2. The molecular formula is C59H107NO8P+. The highest BCUT2D eigenvalue weighted by Gasteiger charge is 2.27.